The maximum absolute atomic E-state index is 5.07. The van der Waals surface area contributed by atoms with Crippen LogP contribution in [0.25, 0.3) is 0 Å². The number of allylic oxidation sites excluding steroid dienone is 4. The number of halogens is 2. The van der Waals surface area contributed by atoms with Crippen molar-refractivity contribution in [2.75, 3.05) is 0 Å². The van der Waals surface area contributed by atoms with Crippen LogP contribution in [0.15, 0.2) is 33.7 Å². The third-order valence-electron chi connectivity index (χ3n) is 8.08. The van der Waals surface area contributed by atoms with Crippen molar-refractivity contribution in [2.24, 2.45) is 9.98 Å². The molecule has 6 heteroatoms. The van der Waals surface area contributed by atoms with Gasteiger partial charge in [-0.05, 0) is 139 Å². The van der Waals surface area contributed by atoms with Gasteiger partial charge in [0, 0.05) is 18.6 Å². The SMILES string of the molecule is CC(=Nc1c(C)c(C)c(C)c(C)c1C)C1=CCC=C(C(C)=Nc2c(C)c(C)c(C)c(C)c2C)[OH+]1.[Cl][Fe][Cl]. The van der Waals surface area contributed by atoms with Crippen LogP contribution >= 0.6 is 20.2 Å². The van der Waals surface area contributed by atoms with E-state index < -0.39 is 0 Å². The Kier molecular flexibility index (Phi) is 11.3. The van der Waals surface area contributed by atoms with Crippen molar-refractivity contribution in [1.29, 1.82) is 0 Å². The van der Waals surface area contributed by atoms with Crippen LogP contribution in [0.2, 0.25) is 0 Å². The monoisotopic (exact) mass is 583 g/mol. The number of hydrogen-bond acceptors (Lipinski definition) is 2. The zero-order valence-corrected chi connectivity index (χ0v) is 26.9. The van der Waals surface area contributed by atoms with Crippen molar-refractivity contribution in [1.82, 2.24) is 0 Å². The molecule has 1 aliphatic heterocycles. The third kappa shape index (κ3) is 6.78. The molecule has 2 aromatic carbocycles. The Morgan fingerprint density at radius 2 is 0.811 bits per heavy atom. The summed E-state index contributed by atoms with van der Waals surface area (Å²) >= 11 is 0.194. The quantitative estimate of drug-likeness (QED) is 0.195. The van der Waals surface area contributed by atoms with Crippen LogP contribution in [0.3, 0.4) is 0 Å². The van der Waals surface area contributed by atoms with Crippen LogP contribution < -0.4 is 0 Å². The molecule has 0 aromatic heterocycles. The Labute approximate surface area is 238 Å². The van der Waals surface area contributed by atoms with Crippen LogP contribution in [0.5, 0.6) is 0 Å². The molecule has 0 spiro atoms. The number of hydrogen-bond donors (Lipinski definition) is 0. The van der Waals surface area contributed by atoms with E-state index in [1.54, 1.807) is 0 Å². The van der Waals surface area contributed by atoms with Crippen molar-refractivity contribution < 1.29 is 17.9 Å². The van der Waals surface area contributed by atoms with Gasteiger partial charge in [0.2, 0.25) is 0 Å². The van der Waals surface area contributed by atoms with Crippen molar-refractivity contribution in [2.45, 2.75) is 89.5 Å². The average molecular weight is 584 g/mol. The fourth-order valence-corrected chi connectivity index (χ4v) is 4.71. The first-order valence-electron chi connectivity index (χ1n) is 12.5. The minimum absolute atomic E-state index is 0.194. The van der Waals surface area contributed by atoms with Gasteiger partial charge in [-0.1, -0.05) is 0 Å². The molecule has 1 heterocycles. The van der Waals surface area contributed by atoms with E-state index in [1.165, 1.54) is 55.6 Å². The molecule has 0 aliphatic carbocycles. The Balaban J connectivity index is 0.00000153. The van der Waals surface area contributed by atoms with E-state index in [9.17, 15) is 0 Å². The summed E-state index contributed by atoms with van der Waals surface area (Å²) in [6.07, 6.45) is 5.15. The first-order valence-corrected chi connectivity index (χ1v) is 15.5. The molecule has 0 radical (unpaired) electrons. The maximum atomic E-state index is 5.07. The van der Waals surface area contributed by atoms with E-state index in [-0.39, 0.29) is 13.1 Å². The van der Waals surface area contributed by atoms with Gasteiger partial charge in [-0.15, -0.1) is 0 Å². The van der Waals surface area contributed by atoms with E-state index in [1.807, 2.05) is 0 Å². The van der Waals surface area contributed by atoms with Gasteiger partial charge in [-0.25, -0.2) is 9.98 Å². The number of aliphatic hydroxyl groups is 2. The van der Waals surface area contributed by atoms with Gasteiger partial charge in [0.15, 0.2) is 0 Å². The molecule has 1 N–H and O–H groups in total. The van der Waals surface area contributed by atoms with E-state index in [4.69, 9.17) is 34.9 Å². The Morgan fingerprint density at radius 1 is 0.568 bits per heavy atom. The molecule has 2 aromatic rings. The fourth-order valence-electron chi connectivity index (χ4n) is 4.71. The van der Waals surface area contributed by atoms with Crippen LogP contribution in [0, 0.1) is 69.2 Å². The summed E-state index contributed by atoms with van der Waals surface area (Å²) in [5.41, 5.74) is 17.1. The molecule has 3 nitrogen and oxygen atoms in total. The molecule has 0 atom stereocenters. The fraction of sp³-hybridized carbons (Fsp3) is 0.419. The molecule has 0 bridgehead atoms. The van der Waals surface area contributed by atoms with Crippen LogP contribution in [-0.2, 0) is 13.1 Å². The molecule has 37 heavy (non-hydrogen) atoms. The topological polar surface area (TPSA) is 37.5 Å². The molecule has 0 saturated carbocycles. The Morgan fingerprint density at radius 3 is 1.08 bits per heavy atom. The van der Waals surface area contributed by atoms with Crippen molar-refractivity contribution in [3.05, 3.63) is 79.3 Å². The predicted molar refractivity (Wildman–Crippen MR) is 161 cm³/mol. The van der Waals surface area contributed by atoms with Gasteiger partial charge >= 0.3 is 33.3 Å². The molecule has 0 unspecified atom stereocenters. The van der Waals surface area contributed by atoms with Gasteiger partial charge in [-0.2, -0.15) is 0 Å². The summed E-state index contributed by atoms with van der Waals surface area (Å²) in [5.74, 6) is 1.87. The second kappa shape index (κ2) is 13.3. The summed E-state index contributed by atoms with van der Waals surface area (Å²) in [5, 5.41) is 0. The van der Waals surface area contributed by atoms with Gasteiger partial charge < -0.3 is 4.74 Å². The number of benzene rings is 2. The second-order valence-corrected chi connectivity index (χ2v) is 11.7. The van der Waals surface area contributed by atoms with Crippen molar-refractivity contribution in [3.63, 3.8) is 0 Å². The minimum atomic E-state index is 0.194. The average Bonchev–Trinajstić information content (AvgIpc) is 2.89. The number of ether oxygens (including phenoxy) is 1. The standard InChI is InChI=1S/C31H40N2O.2ClH.Fe/c1-16-18(3)22(7)30(23(8)19(16)4)32-26(11)28-14-13-15-29(34-28)27(12)33-31-24(9)20(5)17(2)21(6)25(31)10;;;/h14-15H,13H2,1-12H3;2*1H;/q;;;+2/p-1. The zero-order valence-electron chi connectivity index (χ0n) is 24.3. The second-order valence-electron chi connectivity index (χ2n) is 9.92. The van der Waals surface area contributed by atoms with Gasteiger partial charge in [-0.3, -0.25) is 0 Å². The summed E-state index contributed by atoms with van der Waals surface area (Å²) in [4.78, 5) is 10.1. The normalized spacial score (nSPS) is 14.1. The van der Waals surface area contributed by atoms with Gasteiger partial charge in [0.25, 0.3) is 11.5 Å². The van der Waals surface area contributed by atoms with Crippen molar-refractivity contribution in [3.8, 4) is 0 Å². The first kappa shape index (κ1) is 31.4. The molecule has 202 valence electrons. The number of rotatable bonds is 4. The first-order chi connectivity index (χ1) is 17.3. The van der Waals surface area contributed by atoms with E-state index in [0.29, 0.717) is 0 Å². The molecule has 0 fully saturated rings. The molecular weight excluding hydrogens is 543 g/mol. The summed E-state index contributed by atoms with van der Waals surface area (Å²) in [6.45, 7) is 26.0. The molecule has 3 rings (SSSR count). The van der Waals surface area contributed by atoms with Gasteiger partial charge in [0.1, 0.15) is 11.4 Å². The molecule has 0 saturated heterocycles. The summed E-state index contributed by atoms with van der Waals surface area (Å²) in [6, 6.07) is 0. The summed E-state index contributed by atoms with van der Waals surface area (Å²) in [7, 11) is 9.53. The molecular formula is C31H41Cl2FeN2O+. The van der Waals surface area contributed by atoms with Crippen LogP contribution in [0.4, 0.5) is 11.4 Å². The van der Waals surface area contributed by atoms with Crippen LogP contribution in [-0.4, -0.2) is 16.2 Å². The van der Waals surface area contributed by atoms with E-state index in [2.05, 4.69) is 95.2 Å². The summed E-state index contributed by atoms with van der Waals surface area (Å²) < 4.78 is 4.98. The predicted octanol–water partition coefficient (Wildman–Crippen LogP) is 10.3. The number of aliphatic imine (C=N–C) groups is 2. The molecule has 1 aliphatic rings. The zero-order chi connectivity index (χ0) is 28.2. The van der Waals surface area contributed by atoms with Crippen LogP contribution in [0.1, 0.15) is 75.9 Å². The molecule has 0 amide bonds. The van der Waals surface area contributed by atoms with E-state index >= 15 is 0 Å². The van der Waals surface area contributed by atoms with Crippen molar-refractivity contribution >= 4 is 43.0 Å². The Hall–Kier alpha value is -1.84. The number of nitrogens with zero attached hydrogens (tertiary/aromatic N) is 2. The Bertz CT molecular complexity index is 1180. The van der Waals surface area contributed by atoms with Gasteiger partial charge in [0.05, 0.1) is 11.4 Å². The van der Waals surface area contributed by atoms with E-state index in [0.717, 1.165) is 40.7 Å². The third-order valence-corrected chi connectivity index (χ3v) is 8.08.